The molecular weight excluding hydrogens is 464 g/mol. The highest BCUT2D eigenvalue weighted by Gasteiger charge is 2.35. The average Bonchev–Trinajstić information content (AvgIpc) is 2.83. The highest BCUT2D eigenvalue weighted by molar-refractivity contribution is 7.92. The van der Waals surface area contributed by atoms with Gasteiger partial charge in [-0.25, -0.2) is 8.42 Å². The lowest BCUT2D eigenvalue weighted by Crippen LogP contribution is -2.45. The Morgan fingerprint density at radius 2 is 1.69 bits per heavy atom. The van der Waals surface area contributed by atoms with E-state index in [0.29, 0.717) is 30.2 Å². The van der Waals surface area contributed by atoms with Gasteiger partial charge >= 0.3 is 0 Å². The first-order chi connectivity index (χ1) is 16.7. The van der Waals surface area contributed by atoms with E-state index in [4.69, 9.17) is 9.47 Å². The van der Waals surface area contributed by atoms with Crippen LogP contribution >= 0.6 is 0 Å². The molecule has 7 nitrogen and oxygen atoms in total. The van der Waals surface area contributed by atoms with Crippen LogP contribution in [0.1, 0.15) is 38.8 Å². The minimum Gasteiger partial charge on any atom is -0.494 e. The number of hydrogen-bond acceptors (Lipinski definition) is 5. The first kappa shape index (κ1) is 24.6. The number of fused-ring (bicyclic) bond motifs is 1. The molecule has 1 aliphatic heterocycles. The smallest absolute Gasteiger partial charge is 0.264 e. The van der Waals surface area contributed by atoms with Crippen LogP contribution < -0.4 is 19.1 Å². The second-order valence-corrected chi connectivity index (χ2v) is 10.8. The molecule has 8 heteroatoms. The molecular formula is C27H30N2O5S. The molecule has 0 fully saturated rings. The Hall–Kier alpha value is -3.52. The van der Waals surface area contributed by atoms with Gasteiger partial charge in [-0.2, -0.15) is 0 Å². The topological polar surface area (TPSA) is 84.9 Å². The highest BCUT2D eigenvalue weighted by Crippen LogP contribution is 2.39. The van der Waals surface area contributed by atoms with Gasteiger partial charge in [-0.1, -0.05) is 36.4 Å². The zero-order chi connectivity index (χ0) is 25.1. The number of para-hydroxylation sites is 1. The van der Waals surface area contributed by atoms with Gasteiger partial charge in [0.05, 0.1) is 23.2 Å². The summed E-state index contributed by atoms with van der Waals surface area (Å²) in [5, 5.41) is 3.04. The van der Waals surface area contributed by atoms with Crippen molar-refractivity contribution < 1.29 is 22.7 Å². The Kier molecular flexibility index (Phi) is 7.03. The fraction of sp³-hybridized carbons (Fsp3) is 0.296. The number of rotatable bonds is 8. The number of amides is 1. The predicted molar refractivity (Wildman–Crippen MR) is 135 cm³/mol. The molecule has 0 saturated heterocycles. The molecule has 0 saturated carbocycles. The maximum absolute atomic E-state index is 13.6. The molecule has 3 aromatic carbocycles. The van der Waals surface area contributed by atoms with E-state index in [-0.39, 0.29) is 17.5 Å². The molecule has 4 rings (SSSR count). The number of carbonyl (C=O) groups excluding carboxylic acids is 1. The lowest BCUT2D eigenvalue weighted by atomic mass is 9.89. The van der Waals surface area contributed by atoms with Gasteiger partial charge in [0.2, 0.25) is 5.91 Å². The Morgan fingerprint density at radius 3 is 2.37 bits per heavy atom. The quantitative estimate of drug-likeness (QED) is 0.491. The second kappa shape index (κ2) is 10.00. The highest BCUT2D eigenvalue weighted by atomic mass is 32.2. The summed E-state index contributed by atoms with van der Waals surface area (Å²) < 4.78 is 39.8. The van der Waals surface area contributed by atoms with Crippen molar-refractivity contribution in [2.75, 3.05) is 17.5 Å². The summed E-state index contributed by atoms with van der Waals surface area (Å²) in [4.78, 5) is 13.4. The summed E-state index contributed by atoms with van der Waals surface area (Å²) in [6, 6.07) is 22.1. The Morgan fingerprint density at radius 1 is 1.03 bits per heavy atom. The monoisotopic (exact) mass is 494 g/mol. The molecule has 1 heterocycles. The molecule has 35 heavy (non-hydrogen) atoms. The number of hydrogen-bond donors (Lipinski definition) is 1. The van der Waals surface area contributed by atoms with E-state index in [0.717, 1.165) is 9.87 Å². The zero-order valence-corrected chi connectivity index (χ0v) is 20.9. The van der Waals surface area contributed by atoms with Gasteiger partial charge in [0.15, 0.2) is 0 Å². The van der Waals surface area contributed by atoms with E-state index in [9.17, 15) is 13.2 Å². The summed E-state index contributed by atoms with van der Waals surface area (Å²) in [5.74, 6) is 0.934. The number of anilines is 1. The molecule has 1 atom stereocenters. The maximum atomic E-state index is 13.6. The predicted octanol–water partition coefficient (Wildman–Crippen LogP) is 4.70. The molecule has 3 aromatic rings. The van der Waals surface area contributed by atoms with E-state index < -0.39 is 21.5 Å². The van der Waals surface area contributed by atoms with Crippen LogP contribution in [0.5, 0.6) is 11.5 Å². The van der Waals surface area contributed by atoms with Crippen LogP contribution in [-0.4, -0.2) is 33.1 Å². The largest absolute Gasteiger partial charge is 0.494 e. The molecule has 184 valence electrons. The number of carbonyl (C=O) groups is 1. The second-order valence-electron chi connectivity index (χ2n) is 8.98. The van der Waals surface area contributed by atoms with Crippen molar-refractivity contribution >= 4 is 21.6 Å². The van der Waals surface area contributed by atoms with E-state index in [1.165, 1.54) is 12.1 Å². The number of ether oxygens (including phenoxy) is 2. The first-order valence-corrected chi connectivity index (χ1v) is 13.0. The number of sulfonamides is 1. The third-order valence-corrected chi connectivity index (χ3v) is 7.55. The summed E-state index contributed by atoms with van der Waals surface area (Å²) in [6.07, 6.45) is 0.560. The van der Waals surface area contributed by atoms with Crippen molar-refractivity contribution in [3.05, 3.63) is 84.4 Å². The molecule has 1 amide bonds. The van der Waals surface area contributed by atoms with Crippen molar-refractivity contribution in [1.29, 1.82) is 0 Å². The van der Waals surface area contributed by atoms with Crippen LogP contribution in [0.3, 0.4) is 0 Å². The first-order valence-electron chi connectivity index (χ1n) is 11.6. The fourth-order valence-electron chi connectivity index (χ4n) is 4.21. The van der Waals surface area contributed by atoms with Gasteiger partial charge in [0.25, 0.3) is 10.0 Å². The zero-order valence-electron chi connectivity index (χ0n) is 20.1. The minimum atomic E-state index is -3.99. The summed E-state index contributed by atoms with van der Waals surface area (Å²) in [7, 11) is -3.99. The van der Waals surface area contributed by atoms with Crippen molar-refractivity contribution in [3.8, 4) is 11.5 Å². The van der Waals surface area contributed by atoms with Gasteiger partial charge in [0, 0.05) is 12.0 Å². The van der Waals surface area contributed by atoms with Gasteiger partial charge in [-0.15, -0.1) is 0 Å². The Bertz CT molecular complexity index is 1270. The van der Waals surface area contributed by atoms with Crippen molar-refractivity contribution in [1.82, 2.24) is 5.32 Å². The van der Waals surface area contributed by atoms with Crippen LogP contribution in [0.4, 0.5) is 5.69 Å². The Labute approximate surface area is 206 Å². The minimum absolute atomic E-state index is 0.110. The van der Waals surface area contributed by atoms with Crippen molar-refractivity contribution in [2.24, 2.45) is 0 Å². The summed E-state index contributed by atoms with van der Waals surface area (Å²) in [5.41, 5.74) is 0.774. The van der Waals surface area contributed by atoms with Crippen molar-refractivity contribution in [2.45, 2.75) is 43.7 Å². The molecule has 1 unspecified atom stereocenters. The number of nitrogens with one attached hydrogen (secondary N) is 1. The van der Waals surface area contributed by atoms with Gasteiger partial charge in [-0.05, 0) is 63.2 Å². The number of benzene rings is 3. The maximum Gasteiger partial charge on any atom is 0.264 e. The molecule has 0 aliphatic carbocycles. The van der Waals surface area contributed by atoms with E-state index in [2.05, 4.69) is 5.32 Å². The van der Waals surface area contributed by atoms with Crippen LogP contribution in [0, 0.1) is 0 Å². The Balaban J connectivity index is 1.63. The van der Waals surface area contributed by atoms with Gasteiger partial charge < -0.3 is 14.8 Å². The van der Waals surface area contributed by atoms with E-state index in [1.54, 1.807) is 42.5 Å². The third-order valence-electron chi connectivity index (χ3n) is 5.77. The van der Waals surface area contributed by atoms with Gasteiger partial charge in [-0.3, -0.25) is 9.10 Å². The lowest BCUT2D eigenvalue weighted by molar-refractivity contribution is -0.120. The van der Waals surface area contributed by atoms with Gasteiger partial charge in [0.1, 0.15) is 23.6 Å². The van der Waals surface area contributed by atoms with Crippen LogP contribution in [0.15, 0.2) is 83.8 Å². The normalized spacial score (nSPS) is 16.5. The molecule has 0 aromatic heterocycles. The average molecular weight is 495 g/mol. The standard InChI is InChI=1S/C27H30N2O5S/c1-4-33-21-16-14-20(15-17-21)29(35(31,32)22-10-6-5-7-11-22)19-26(30)28-24-18-27(2,3)34-25-13-9-8-12-23(24)25/h5-17,24H,4,18-19H2,1-3H3,(H,28,30). The van der Waals surface area contributed by atoms with Crippen LogP contribution in [-0.2, 0) is 14.8 Å². The number of nitrogens with zero attached hydrogens (tertiary/aromatic N) is 1. The van der Waals surface area contributed by atoms with Crippen LogP contribution in [0.25, 0.3) is 0 Å². The molecule has 1 aliphatic rings. The van der Waals surface area contributed by atoms with E-state index in [1.807, 2.05) is 45.0 Å². The van der Waals surface area contributed by atoms with E-state index >= 15 is 0 Å². The SMILES string of the molecule is CCOc1ccc(N(CC(=O)NC2CC(C)(C)Oc3ccccc32)S(=O)(=O)c2ccccc2)cc1. The summed E-state index contributed by atoms with van der Waals surface area (Å²) in [6.45, 7) is 5.93. The molecule has 0 bridgehead atoms. The molecule has 0 spiro atoms. The third kappa shape index (κ3) is 5.59. The lowest BCUT2D eigenvalue weighted by Gasteiger charge is -2.38. The van der Waals surface area contributed by atoms with Crippen LogP contribution in [0.2, 0.25) is 0 Å². The molecule has 0 radical (unpaired) electrons. The van der Waals surface area contributed by atoms with Crippen molar-refractivity contribution in [3.63, 3.8) is 0 Å². The fourth-order valence-corrected chi connectivity index (χ4v) is 5.65. The molecule has 1 N–H and O–H groups in total. The summed E-state index contributed by atoms with van der Waals surface area (Å²) >= 11 is 0.